The topological polar surface area (TPSA) is 75.6 Å². The van der Waals surface area contributed by atoms with E-state index in [0.29, 0.717) is 20.9 Å². The lowest BCUT2D eigenvalue weighted by Crippen LogP contribution is -2.24. The lowest BCUT2D eigenvalue weighted by Gasteiger charge is -2.05. The van der Waals surface area contributed by atoms with Gasteiger partial charge in [0.25, 0.3) is 5.91 Å². The van der Waals surface area contributed by atoms with Crippen LogP contribution in [0.3, 0.4) is 0 Å². The van der Waals surface area contributed by atoms with E-state index in [-0.39, 0.29) is 12.5 Å². The second-order valence-electron chi connectivity index (χ2n) is 6.06. The Kier molecular flexibility index (Phi) is 6.62. The number of carbonyl (C=O) groups excluding carboxylic acids is 1. The second-order valence-corrected chi connectivity index (χ2v) is 7.45. The molecular weight excluding hydrogens is 396 g/mol. The van der Waals surface area contributed by atoms with Crippen molar-refractivity contribution in [1.82, 2.24) is 10.4 Å². The van der Waals surface area contributed by atoms with Crippen molar-refractivity contribution in [2.75, 3.05) is 11.9 Å². The van der Waals surface area contributed by atoms with Crippen LogP contribution in [0.5, 0.6) is 5.75 Å². The van der Waals surface area contributed by atoms with E-state index in [1.54, 1.807) is 6.07 Å². The Morgan fingerprint density at radius 2 is 2.00 bits per heavy atom. The second kappa shape index (κ2) is 9.34. The van der Waals surface area contributed by atoms with Crippen molar-refractivity contribution < 1.29 is 9.53 Å². The molecule has 0 aliphatic rings. The Morgan fingerprint density at radius 1 is 1.21 bits per heavy atom. The molecule has 0 bridgehead atoms. The van der Waals surface area contributed by atoms with E-state index >= 15 is 0 Å². The lowest BCUT2D eigenvalue weighted by molar-refractivity contribution is -0.123. The number of hydrogen-bond acceptors (Lipinski definition) is 6. The Morgan fingerprint density at radius 3 is 2.75 bits per heavy atom. The summed E-state index contributed by atoms with van der Waals surface area (Å²) in [4.78, 5) is 16.7. The van der Waals surface area contributed by atoms with Crippen molar-refractivity contribution in [3.8, 4) is 5.75 Å². The van der Waals surface area contributed by atoms with Gasteiger partial charge in [0.05, 0.1) is 11.1 Å². The number of halogens is 1. The number of thiazole rings is 1. The molecular formula is C20H19ClN4O2S. The SMILES string of the molecule is Cc1ccc(Nc2nc(Cl)c(/C=N/NC(=O)COc3cccc(C)c3)s2)cc1. The number of anilines is 2. The van der Waals surface area contributed by atoms with E-state index in [1.807, 2.05) is 56.3 Å². The summed E-state index contributed by atoms with van der Waals surface area (Å²) >= 11 is 7.47. The highest BCUT2D eigenvalue weighted by Gasteiger charge is 2.08. The van der Waals surface area contributed by atoms with Gasteiger partial charge >= 0.3 is 0 Å². The van der Waals surface area contributed by atoms with Crippen molar-refractivity contribution in [3.05, 3.63) is 69.7 Å². The van der Waals surface area contributed by atoms with E-state index in [1.165, 1.54) is 23.1 Å². The van der Waals surface area contributed by atoms with E-state index in [4.69, 9.17) is 16.3 Å². The van der Waals surface area contributed by atoms with Gasteiger partial charge in [0.1, 0.15) is 5.75 Å². The highest BCUT2D eigenvalue weighted by atomic mass is 35.5. The van der Waals surface area contributed by atoms with E-state index < -0.39 is 0 Å². The van der Waals surface area contributed by atoms with Gasteiger partial charge in [-0.1, -0.05) is 52.8 Å². The third-order valence-electron chi connectivity index (χ3n) is 3.64. The quantitative estimate of drug-likeness (QED) is 0.434. The fraction of sp³-hybridized carbons (Fsp3) is 0.150. The van der Waals surface area contributed by atoms with Gasteiger partial charge in [0.2, 0.25) is 0 Å². The predicted molar refractivity (Wildman–Crippen MR) is 114 cm³/mol. The summed E-state index contributed by atoms with van der Waals surface area (Å²) in [7, 11) is 0. The van der Waals surface area contributed by atoms with E-state index in [2.05, 4.69) is 20.8 Å². The molecule has 0 atom stereocenters. The summed E-state index contributed by atoms with van der Waals surface area (Å²) in [5.74, 6) is 0.271. The Labute approximate surface area is 172 Å². The van der Waals surface area contributed by atoms with Crippen LogP contribution in [0.2, 0.25) is 5.15 Å². The van der Waals surface area contributed by atoms with Gasteiger partial charge in [0, 0.05) is 5.69 Å². The number of ether oxygens (including phenoxy) is 1. The van der Waals surface area contributed by atoms with E-state index in [0.717, 1.165) is 11.3 Å². The number of nitrogens with zero attached hydrogens (tertiary/aromatic N) is 2. The van der Waals surface area contributed by atoms with Gasteiger partial charge in [-0.25, -0.2) is 10.4 Å². The summed E-state index contributed by atoms with van der Waals surface area (Å²) in [6.07, 6.45) is 1.46. The van der Waals surface area contributed by atoms with Crippen molar-refractivity contribution >= 4 is 45.9 Å². The maximum atomic E-state index is 11.8. The maximum Gasteiger partial charge on any atom is 0.277 e. The molecule has 0 saturated heterocycles. The molecule has 0 aliphatic heterocycles. The molecule has 1 aromatic heterocycles. The molecule has 28 heavy (non-hydrogen) atoms. The highest BCUT2D eigenvalue weighted by molar-refractivity contribution is 7.17. The van der Waals surface area contributed by atoms with Crippen LogP contribution < -0.4 is 15.5 Å². The largest absolute Gasteiger partial charge is 0.484 e. The molecule has 3 aromatic rings. The molecule has 1 amide bonds. The number of nitrogens with one attached hydrogen (secondary N) is 2. The molecule has 144 valence electrons. The normalized spacial score (nSPS) is 10.8. The van der Waals surface area contributed by atoms with Crippen LogP contribution >= 0.6 is 22.9 Å². The first-order valence-corrected chi connectivity index (χ1v) is 9.70. The average molecular weight is 415 g/mol. The summed E-state index contributed by atoms with van der Waals surface area (Å²) in [6.45, 7) is 3.86. The van der Waals surface area contributed by atoms with E-state index in [9.17, 15) is 4.79 Å². The number of aryl methyl sites for hydroxylation is 2. The molecule has 0 radical (unpaired) electrons. The molecule has 2 N–H and O–H groups in total. The number of hydrogen-bond donors (Lipinski definition) is 2. The molecule has 6 nitrogen and oxygen atoms in total. The lowest BCUT2D eigenvalue weighted by atomic mass is 10.2. The molecule has 0 fully saturated rings. The molecule has 0 spiro atoms. The first-order valence-electron chi connectivity index (χ1n) is 8.51. The Bertz CT molecular complexity index is 986. The molecule has 1 heterocycles. The number of benzene rings is 2. The van der Waals surface area contributed by atoms with Gasteiger partial charge in [-0.3, -0.25) is 4.79 Å². The van der Waals surface area contributed by atoms with Crippen molar-refractivity contribution in [2.24, 2.45) is 5.10 Å². The summed E-state index contributed by atoms with van der Waals surface area (Å²) in [5.41, 5.74) is 5.57. The van der Waals surface area contributed by atoms with Gasteiger partial charge in [-0.15, -0.1) is 0 Å². The number of hydrazone groups is 1. The van der Waals surface area contributed by atoms with Gasteiger partial charge in [-0.05, 0) is 43.7 Å². The smallest absolute Gasteiger partial charge is 0.277 e. The van der Waals surface area contributed by atoms with Gasteiger partial charge < -0.3 is 10.1 Å². The standard InChI is InChI=1S/C20H19ClN4O2S/c1-13-6-8-15(9-7-13)23-20-24-19(21)17(28-20)11-22-25-18(26)12-27-16-5-3-4-14(2)10-16/h3-11H,12H2,1-2H3,(H,23,24)(H,25,26)/b22-11+. The zero-order valence-corrected chi connectivity index (χ0v) is 17.0. The van der Waals surface area contributed by atoms with Crippen LogP contribution in [-0.4, -0.2) is 23.7 Å². The molecule has 0 unspecified atom stereocenters. The number of amides is 1. The Hall–Kier alpha value is -2.90. The monoisotopic (exact) mass is 414 g/mol. The first kappa shape index (κ1) is 19.9. The minimum Gasteiger partial charge on any atom is -0.484 e. The summed E-state index contributed by atoms with van der Waals surface area (Å²) < 4.78 is 5.42. The van der Waals surface area contributed by atoms with Crippen LogP contribution in [0.1, 0.15) is 16.0 Å². The van der Waals surface area contributed by atoms with Crippen LogP contribution in [0.25, 0.3) is 0 Å². The van der Waals surface area contributed by atoms with Crippen LogP contribution in [0, 0.1) is 13.8 Å². The minimum absolute atomic E-state index is 0.128. The molecule has 0 saturated carbocycles. The van der Waals surface area contributed by atoms with Gasteiger partial charge in [-0.2, -0.15) is 5.10 Å². The molecule has 2 aromatic carbocycles. The fourth-order valence-corrected chi connectivity index (χ4v) is 3.30. The van der Waals surface area contributed by atoms with Crippen LogP contribution in [0.15, 0.2) is 53.6 Å². The highest BCUT2D eigenvalue weighted by Crippen LogP contribution is 2.28. The summed E-state index contributed by atoms with van der Waals surface area (Å²) in [5, 5.41) is 8.06. The van der Waals surface area contributed by atoms with Crippen molar-refractivity contribution in [3.63, 3.8) is 0 Å². The number of aromatic nitrogens is 1. The van der Waals surface area contributed by atoms with Crippen molar-refractivity contribution in [1.29, 1.82) is 0 Å². The minimum atomic E-state index is -0.364. The Balaban J connectivity index is 1.51. The zero-order chi connectivity index (χ0) is 19.9. The molecule has 0 aliphatic carbocycles. The average Bonchev–Trinajstić information content (AvgIpc) is 3.01. The molecule has 3 rings (SSSR count). The zero-order valence-electron chi connectivity index (χ0n) is 15.4. The number of carbonyl (C=O) groups is 1. The molecule has 8 heteroatoms. The summed E-state index contributed by atoms with van der Waals surface area (Å²) in [6, 6.07) is 15.4. The predicted octanol–water partition coefficient (Wildman–Crippen LogP) is 4.69. The van der Waals surface area contributed by atoms with Crippen LogP contribution in [-0.2, 0) is 4.79 Å². The van der Waals surface area contributed by atoms with Crippen molar-refractivity contribution in [2.45, 2.75) is 13.8 Å². The maximum absolute atomic E-state index is 11.8. The first-order chi connectivity index (χ1) is 13.5. The number of rotatable bonds is 7. The third kappa shape index (κ3) is 5.80. The third-order valence-corrected chi connectivity index (χ3v) is 4.95. The van der Waals surface area contributed by atoms with Crippen LogP contribution in [0.4, 0.5) is 10.8 Å². The van der Waals surface area contributed by atoms with Gasteiger partial charge in [0.15, 0.2) is 16.9 Å². The fourth-order valence-electron chi connectivity index (χ4n) is 2.26.